The van der Waals surface area contributed by atoms with Crippen LogP contribution >= 0.6 is 46.1 Å². The molecule has 3 aromatic rings. The summed E-state index contributed by atoms with van der Waals surface area (Å²) in [5, 5.41) is 5.90. The molecule has 1 aromatic carbocycles. The second-order valence-electron chi connectivity index (χ2n) is 4.93. The number of carbonyl (C=O) groups is 1. The smallest absolute Gasteiger partial charge is 0.262 e. The molecule has 2 heterocycles. The van der Waals surface area contributed by atoms with E-state index in [0.29, 0.717) is 25.9 Å². The zero-order valence-electron chi connectivity index (χ0n) is 12.1. The van der Waals surface area contributed by atoms with Gasteiger partial charge in [-0.3, -0.25) is 14.2 Å². The first-order chi connectivity index (χ1) is 11.5. The third-order valence-electron chi connectivity index (χ3n) is 3.31. The molecule has 124 valence electrons. The number of aryl methyl sites for hydroxylation is 1. The number of amides is 1. The van der Waals surface area contributed by atoms with Crippen molar-refractivity contribution in [3.05, 3.63) is 55.3 Å². The summed E-state index contributed by atoms with van der Waals surface area (Å²) in [5.74, 6) is -0.299. The Bertz CT molecular complexity index is 984. The maximum atomic E-state index is 12.2. The van der Waals surface area contributed by atoms with Crippen LogP contribution in [-0.2, 0) is 11.3 Å². The molecule has 5 nitrogen and oxygen atoms in total. The standard InChI is InChI=1S/C15H10Cl3N3O2S/c16-9-5-11(18)12(6-10(9)17)20-13(22)1-3-21-7-19-14-8(15(21)23)2-4-24-14/h2,4-7H,1,3H2,(H,20,22). The van der Waals surface area contributed by atoms with E-state index in [4.69, 9.17) is 34.8 Å². The number of thiophene rings is 1. The molecule has 0 saturated heterocycles. The molecule has 0 aliphatic carbocycles. The van der Waals surface area contributed by atoms with Gasteiger partial charge in [0, 0.05) is 13.0 Å². The lowest BCUT2D eigenvalue weighted by Gasteiger charge is -2.09. The maximum Gasteiger partial charge on any atom is 0.262 e. The van der Waals surface area contributed by atoms with Gasteiger partial charge >= 0.3 is 0 Å². The number of nitrogens with one attached hydrogen (secondary N) is 1. The van der Waals surface area contributed by atoms with Gasteiger partial charge in [0.1, 0.15) is 4.83 Å². The molecule has 0 atom stereocenters. The van der Waals surface area contributed by atoms with Crippen LogP contribution in [-0.4, -0.2) is 15.5 Å². The van der Waals surface area contributed by atoms with Gasteiger partial charge in [-0.25, -0.2) is 4.98 Å². The summed E-state index contributed by atoms with van der Waals surface area (Å²) in [6.07, 6.45) is 1.54. The summed E-state index contributed by atoms with van der Waals surface area (Å²) in [6.45, 7) is 0.211. The number of nitrogens with zero attached hydrogens (tertiary/aromatic N) is 2. The molecule has 0 aliphatic rings. The highest BCUT2D eigenvalue weighted by molar-refractivity contribution is 7.16. The zero-order valence-corrected chi connectivity index (χ0v) is 15.1. The molecule has 1 N–H and O–H groups in total. The van der Waals surface area contributed by atoms with Gasteiger partial charge < -0.3 is 5.32 Å². The second-order valence-corrected chi connectivity index (χ2v) is 7.04. The van der Waals surface area contributed by atoms with Crippen molar-refractivity contribution >= 4 is 68.0 Å². The van der Waals surface area contributed by atoms with Gasteiger partial charge in [0.15, 0.2) is 0 Å². The van der Waals surface area contributed by atoms with Crippen molar-refractivity contribution in [1.82, 2.24) is 9.55 Å². The number of carbonyl (C=O) groups excluding carboxylic acids is 1. The number of hydrogen-bond acceptors (Lipinski definition) is 4. The van der Waals surface area contributed by atoms with Gasteiger partial charge in [0.2, 0.25) is 5.91 Å². The summed E-state index contributed by atoms with van der Waals surface area (Å²) in [4.78, 5) is 29.2. The number of halogens is 3. The Labute approximate surface area is 155 Å². The lowest BCUT2D eigenvalue weighted by molar-refractivity contribution is -0.116. The van der Waals surface area contributed by atoms with Gasteiger partial charge in [0.05, 0.1) is 32.5 Å². The Hall–Kier alpha value is -1.60. The van der Waals surface area contributed by atoms with Crippen LogP contribution in [0.3, 0.4) is 0 Å². The topological polar surface area (TPSA) is 64.0 Å². The van der Waals surface area contributed by atoms with E-state index < -0.39 is 0 Å². The fourth-order valence-electron chi connectivity index (χ4n) is 2.11. The van der Waals surface area contributed by atoms with Crippen molar-refractivity contribution in [3.8, 4) is 0 Å². The fraction of sp³-hybridized carbons (Fsp3) is 0.133. The summed E-state index contributed by atoms with van der Waals surface area (Å²) >= 11 is 19.2. The molecule has 0 aliphatic heterocycles. The van der Waals surface area contributed by atoms with Crippen LogP contribution in [0, 0.1) is 0 Å². The van der Waals surface area contributed by atoms with Crippen LogP contribution < -0.4 is 10.9 Å². The van der Waals surface area contributed by atoms with Gasteiger partial charge in [-0.15, -0.1) is 11.3 Å². The number of hydrogen-bond donors (Lipinski definition) is 1. The van der Waals surface area contributed by atoms with E-state index in [-0.39, 0.29) is 29.5 Å². The van der Waals surface area contributed by atoms with Gasteiger partial charge in [-0.2, -0.15) is 0 Å². The van der Waals surface area contributed by atoms with Crippen LogP contribution in [0.1, 0.15) is 6.42 Å². The zero-order chi connectivity index (χ0) is 17.3. The van der Waals surface area contributed by atoms with E-state index in [0.717, 1.165) is 0 Å². The summed E-state index contributed by atoms with van der Waals surface area (Å²) in [5.41, 5.74) is 0.205. The number of anilines is 1. The van der Waals surface area contributed by atoms with Crippen LogP contribution in [0.25, 0.3) is 10.2 Å². The molecular formula is C15H10Cl3N3O2S. The predicted molar refractivity (Wildman–Crippen MR) is 98.6 cm³/mol. The monoisotopic (exact) mass is 401 g/mol. The van der Waals surface area contributed by atoms with E-state index in [1.807, 2.05) is 5.38 Å². The normalized spacial score (nSPS) is 11.0. The van der Waals surface area contributed by atoms with Crippen molar-refractivity contribution in [1.29, 1.82) is 0 Å². The fourth-order valence-corrected chi connectivity index (χ4v) is 3.42. The highest BCUT2D eigenvalue weighted by Crippen LogP contribution is 2.32. The van der Waals surface area contributed by atoms with E-state index in [2.05, 4.69) is 10.3 Å². The molecular weight excluding hydrogens is 393 g/mol. The molecule has 3 rings (SSSR count). The number of benzene rings is 1. The van der Waals surface area contributed by atoms with Gasteiger partial charge in [-0.05, 0) is 23.6 Å². The molecule has 2 aromatic heterocycles. The lowest BCUT2D eigenvalue weighted by Crippen LogP contribution is -2.23. The molecule has 0 radical (unpaired) electrons. The van der Waals surface area contributed by atoms with Gasteiger partial charge in [0.25, 0.3) is 5.56 Å². The highest BCUT2D eigenvalue weighted by Gasteiger charge is 2.11. The van der Waals surface area contributed by atoms with Gasteiger partial charge in [-0.1, -0.05) is 34.8 Å². The van der Waals surface area contributed by atoms with Crippen molar-refractivity contribution in [3.63, 3.8) is 0 Å². The molecule has 0 spiro atoms. The number of aromatic nitrogens is 2. The third kappa shape index (κ3) is 3.57. The molecule has 1 amide bonds. The van der Waals surface area contributed by atoms with Crippen LogP contribution in [0.15, 0.2) is 34.7 Å². The number of fused-ring (bicyclic) bond motifs is 1. The Balaban J connectivity index is 1.70. The minimum Gasteiger partial charge on any atom is -0.325 e. The maximum absolute atomic E-state index is 12.2. The molecule has 0 bridgehead atoms. The van der Waals surface area contributed by atoms with E-state index >= 15 is 0 Å². The Morgan fingerprint density at radius 3 is 2.75 bits per heavy atom. The van der Waals surface area contributed by atoms with E-state index in [1.165, 1.54) is 34.4 Å². The average molecular weight is 403 g/mol. The highest BCUT2D eigenvalue weighted by atomic mass is 35.5. The average Bonchev–Trinajstić information content (AvgIpc) is 3.01. The second kappa shape index (κ2) is 7.11. The van der Waals surface area contributed by atoms with Crippen LogP contribution in [0.5, 0.6) is 0 Å². The molecule has 0 saturated carbocycles. The third-order valence-corrected chi connectivity index (χ3v) is 5.17. The first kappa shape index (κ1) is 17.2. The van der Waals surface area contributed by atoms with Crippen LogP contribution in [0.4, 0.5) is 5.69 Å². The summed E-state index contributed by atoms with van der Waals surface area (Å²) < 4.78 is 1.41. The number of rotatable bonds is 4. The van der Waals surface area contributed by atoms with Crippen molar-refractivity contribution in [2.75, 3.05) is 5.32 Å². The first-order valence-corrected chi connectivity index (χ1v) is 8.84. The van der Waals surface area contributed by atoms with E-state index in [9.17, 15) is 9.59 Å². The molecule has 0 unspecified atom stereocenters. The minimum absolute atomic E-state index is 0.0911. The Morgan fingerprint density at radius 1 is 1.21 bits per heavy atom. The lowest BCUT2D eigenvalue weighted by atomic mass is 10.3. The van der Waals surface area contributed by atoms with Crippen molar-refractivity contribution in [2.45, 2.75) is 13.0 Å². The van der Waals surface area contributed by atoms with Crippen molar-refractivity contribution < 1.29 is 4.79 Å². The van der Waals surface area contributed by atoms with E-state index in [1.54, 1.807) is 6.07 Å². The largest absolute Gasteiger partial charge is 0.325 e. The molecule has 24 heavy (non-hydrogen) atoms. The van der Waals surface area contributed by atoms with Crippen molar-refractivity contribution in [2.24, 2.45) is 0 Å². The van der Waals surface area contributed by atoms with Crippen LogP contribution in [0.2, 0.25) is 15.1 Å². The Kier molecular flexibility index (Phi) is 5.10. The predicted octanol–water partition coefficient (Wildman–Crippen LogP) is 4.45. The quantitative estimate of drug-likeness (QED) is 0.656. The summed E-state index contributed by atoms with van der Waals surface area (Å²) in [7, 11) is 0. The summed E-state index contributed by atoms with van der Waals surface area (Å²) in [6, 6.07) is 4.66. The molecule has 9 heteroatoms. The minimum atomic E-state index is -0.299. The SMILES string of the molecule is O=C(CCn1cnc2sccc2c1=O)Nc1cc(Cl)c(Cl)cc1Cl. The molecule has 0 fully saturated rings. The first-order valence-electron chi connectivity index (χ1n) is 6.83. The Morgan fingerprint density at radius 2 is 1.96 bits per heavy atom.